The molecule has 4 aromatic rings. The molecule has 7 nitrogen and oxygen atoms in total. The van der Waals surface area contributed by atoms with E-state index in [0.29, 0.717) is 34.6 Å². The number of carbonyl (C=O) groups excluding carboxylic acids is 2. The molecule has 0 saturated heterocycles. The number of nitrogens with two attached hydrogens (primary N) is 1. The van der Waals surface area contributed by atoms with E-state index >= 15 is 0 Å². The lowest BCUT2D eigenvalue weighted by molar-refractivity contribution is -0.139. The number of aliphatic carboxylic acids is 1. The fraction of sp³-hybridized carbons (Fsp3) is 0.229. The minimum Gasteiger partial charge on any atom is -0.481 e. The van der Waals surface area contributed by atoms with Crippen molar-refractivity contribution in [1.82, 2.24) is 4.90 Å². The molecule has 2 atom stereocenters. The molecule has 1 aliphatic heterocycles. The van der Waals surface area contributed by atoms with Gasteiger partial charge in [-0.15, -0.1) is 0 Å². The molecule has 214 valence electrons. The van der Waals surface area contributed by atoms with E-state index in [2.05, 4.69) is 0 Å². The van der Waals surface area contributed by atoms with E-state index in [4.69, 9.17) is 5.73 Å². The Morgan fingerprint density at radius 1 is 0.810 bits per heavy atom. The van der Waals surface area contributed by atoms with Crippen molar-refractivity contribution in [3.63, 3.8) is 0 Å². The molecule has 3 N–H and O–H groups in total. The zero-order valence-electron chi connectivity index (χ0n) is 23.4. The third-order valence-corrected chi connectivity index (χ3v) is 7.69. The van der Waals surface area contributed by atoms with Crippen molar-refractivity contribution < 1.29 is 19.5 Å². The Kier molecular flexibility index (Phi) is 9.09. The van der Waals surface area contributed by atoms with Crippen molar-refractivity contribution in [1.29, 1.82) is 0 Å². The Labute approximate surface area is 246 Å². The van der Waals surface area contributed by atoms with Crippen LogP contribution in [0.5, 0.6) is 0 Å². The molecule has 5 rings (SSSR count). The number of hydrogen-bond acceptors (Lipinski definition) is 4. The van der Waals surface area contributed by atoms with Crippen LogP contribution in [0.3, 0.4) is 0 Å². The first-order valence-electron chi connectivity index (χ1n) is 14.4. The van der Waals surface area contributed by atoms with Gasteiger partial charge in [0.25, 0.3) is 11.8 Å². The number of amides is 2. The summed E-state index contributed by atoms with van der Waals surface area (Å²) in [6.45, 7) is 0.636. The van der Waals surface area contributed by atoms with Crippen molar-refractivity contribution in [2.75, 3.05) is 11.4 Å². The second kappa shape index (κ2) is 13.3. The largest absolute Gasteiger partial charge is 0.481 e. The summed E-state index contributed by atoms with van der Waals surface area (Å²) >= 11 is 0. The second-order valence-electron chi connectivity index (χ2n) is 10.5. The van der Waals surface area contributed by atoms with Crippen LogP contribution in [0.1, 0.15) is 64.8 Å². The lowest BCUT2D eigenvalue weighted by Crippen LogP contribution is -2.43. The number of para-hydroxylation sites is 1. The van der Waals surface area contributed by atoms with Crippen molar-refractivity contribution in [3.8, 4) is 0 Å². The van der Waals surface area contributed by atoms with E-state index in [1.807, 2.05) is 109 Å². The molecule has 0 aliphatic carbocycles. The monoisotopic (exact) mass is 561 g/mol. The lowest BCUT2D eigenvalue weighted by atomic mass is 9.95. The van der Waals surface area contributed by atoms with Gasteiger partial charge >= 0.3 is 5.97 Å². The van der Waals surface area contributed by atoms with Crippen LogP contribution in [-0.4, -0.2) is 34.3 Å². The minimum atomic E-state index is -1.07. The molecule has 4 aromatic carbocycles. The van der Waals surface area contributed by atoms with Gasteiger partial charge in [0.15, 0.2) is 0 Å². The van der Waals surface area contributed by atoms with Crippen molar-refractivity contribution >= 4 is 29.2 Å². The number of nitrogens with zero attached hydrogens (tertiary/aromatic N) is 2. The number of aryl methyl sites for hydroxylation is 1. The van der Waals surface area contributed by atoms with Gasteiger partial charge < -0.3 is 15.7 Å². The predicted octanol–water partition coefficient (Wildman–Crippen LogP) is 6.44. The number of benzene rings is 4. The SMILES string of the molecule is NCCCCCc1ccc2c(c1)C(=O)N(C(CC(=O)O)c1ccccc1)C(c1ccccc1)C(=O)N2c1ccccc1. The van der Waals surface area contributed by atoms with E-state index < -0.39 is 18.1 Å². The first-order valence-corrected chi connectivity index (χ1v) is 14.4. The van der Waals surface area contributed by atoms with Crippen LogP contribution in [0.2, 0.25) is 0 Å². The van der Waals surface area contributed by atoms with Crippen LogP contribution in [0.15, 0.2) is 109 Å². The Morgan fingerprint density at radius 3 is 2.10 bits per heavy atom. The topological polar surface area (TPSA) is 104 Å². The molecule has 42 heavy (non-hydrogen) atoms. The Morgan fingerprint density at radius 2 is 1.45 bits per heavy atom. The highest BCUT2D eigenvalue weighted by molar-refractivity contribution is 6.14. The highest BCUT2D eigenvalue weighted by atomic mass is 16.4. The summed E-state index contributed by atoms with van der Waals surface area (Å²) in [5.41, 5.74) is 9.39. The van der Waals surface area contributed by atoms with E-state index in [-0.39, 0.29) is 18.2 Å². The van der Waals surface area contributed by atoms with E-state index in [0.717, 1.165) is 31.2 Å². The molecule has 1 aliphatic rings. The number of unbranched alkanes of at least 4 members (excludes halogenated alkanes) is 2. The first-order chi connectivity index (χ1) is 20.5. The van der Waals surface area contributed by atoms with Gasteiger partial charge in [0.1, 0.15) is 6.04 Å². The van der Waals surface area contributed by atoms with Crippen molar-refractivity contribution in [2.45, 2.75) is 44.2 Å². The van der Waals surface area contributed by atoms with Crippen LogP contribution in [0, 0.1) is 0 Å². The van der Waals surface area contributed by atoms with Crippen molar-refractivity contribution in [3.05, 3.63) is 131 Å². The van der Waals surface area contributed by atoms with Crippen LogP contribution < -0.4 is 10.6 Å². The first kappa shape index (κ1) is 28.8. The maximum absolute atomic E-state index is 14.8. The Balaban J connectivity index is 1.73. The molecule has 0 saturated carbocycles. The van der Waals surface area contributed by atoms with Gasteiger partial charge in [-0.2, -0.15) is 0 Å². The van der Waals surface area contributed by atoms with Crippen LogP contribution in [0.4, 0.5) is 11.4 Å². The summed E-state index contributed by atoms with van der Waals surface area (Å²) in [6, 6.07) is 31.2. The molecular formula is C35H35N3O4. The number of carboxylic acids is 1. The molecule has 2 amide bonds. The van der Waals surface area contributed by atoms with Gasteiger partial charge in [-0.3, -0.25) is 19.3 Å². The summed E-state index contributed by atoms with van der Waals surface area (Å²) in [4.78, 5) is 44.9. The Hall–Kier alpha value is -4.75. The zero-order chi connectivity index (χ0) is 29.5. The van der Waals surface area contributed by atoms with Crippen LogP contribution >= 0.6 is 0 Å². The summed E-state index contributed by atoms with van der Waals surface area (Å²) in [7, 11) is 0. The van der Waals surface area contributed by atoms with E-state index in [9.17, 15) is 19.5 Å². The number of hydrogen-bond donors (Lipinski definition) is 2. The molecule has 0 spiro atoms. The molecule has 2 unspecified atom stereocenters. The van der Waals surface area contributed by atoms with Crippen LogP contribution in [-0.2, 0) is 16.0 Å². The predicted molar refractivity (Wildman–Crippen MR) is 163 cm³/mol. The molecule has 1 heterocycles. The molecular weight excluding hydrogens is 526 g/mol. The number of rotatable bonds is 11. The van der Waals surface area contributed by atoms with Crippen molar-refractivity contribution in [2.24, 2.45) is 5.73 Å². The summed E-state index contributed by atoms with van der Waals surface area (Å²) < 4.78 is 0. The third-order valence-electron chi connectivity index (χ3n) is 7.69. The van der Waals surface area contributed by atoms with E-state index in [1.165, 1.54) is 4.90 Å². The fourth-order valence-electron chi connectivity index (χ4n) is 5.69. The summed E-state index contributed by atoms with van der Waals surface area (Å²) in [5, 5.41) is 10.0. The van der Waals surface area contributed by atoms with Gasteiger partial charge in [-0.1, -0.05) is 91.3 Å². The normalized spacial score (nSPS) is 15.7. The van der Waals surface area contributed by atoms with Gasteiger partial charge in [0.2, 0.25) is 0 Å². The highest BCUT2D eigenvalue weighted by Gasteiger charge is 2.45. The lowest BCUT2D eigenvalue weighted by Gasteiger charge is -2.37. The molecule has 0 fully saturated rings. The van der Waals surface area contributed by atoms with Gasteiger partial charge in [0, 0.05) is 5.69 Å². The minimum absolute atomic E-state index is 0.332. The molecule has 7 heteroatoms. The number of anilines is 2. The van der Waals surface area contributed by atoms with Gasteiger partial charge in [0.05, 0.1) is 23.7 Å². The zero-order valence-corrected chi connectivity index (χ0v) is 23.4. The smallest absolute Gasteiger partial charge is 0.305 e. The standard InChI is InChI=1S/C35H35N3O4/c36-22-12-4-5-13-25-20-21-30-29(23-25)34(41)38(31(24-32(39)40)26-14-6-1-7-15-26)33(27-16-8-2-9-17-27)35(42)37(30)28-18-10-3-11-19-28/h1-3,6-11,14-21,23,31,33H,4-5,12-13,22,24,36H2,(H,39,40). The maximum Gasteiger partial charge on any atom is 0.305 e. The quantitative estimate of drug-likeness (QED) is 0.205. The fourth-order valence-corrected chi connectivity index (χ4v) is 5.69. The summed E-state index contributed by atoms with van der Waals surface area (Å²) in [6.07, 6.45) is 3.24. The average molecular weight is 562 g/mol. The second-order valence-corrected chi connectivity index (χ2v) is 10.5. The van der Waals surface area contributed by atoms with Gasteiger partial charge in [-0.05, 0) is 66.8 Å². The van der Waals surface area contributed by atoms with E-state index in [1.54, 1.807) is 4.90 Å². The Bertz CT molecular complexity index is 1530. The average Bonchev–Trinajstić information content (AvgIpc) is 3.11. The summed E-state index contributed by atoms with van der Waals surface area (Å²) in [5.74, 6) is -1.78. The van der Waals surface area contributed by atoms with Crippen LogP contribution in [0.25, 0.3) is 0 Å². The maximum atomic E-state index is 14.8. The third kappa shape index (κ3) is 6.11. The molecule has 0 bridgehead atoms. The number of carbonyl (C=O) groups is 3. The highest BCUT2D eigenvalue weighted by Crippen LogP contribution is 2.43. The molecule has 0 radical (unpaired) electrons. The number of carboxylic acid groups (broad SMARTS) is 1. The van der Waals surface area contributed by atoms with Gasteiger partial charge in [-0.25, -0.2) is 0 Å². The molecule has 0 aromatic heterocycles. The number of fused-ring (bicyclic) bond motifs is 1.